The maximum Gasteiger partial charge on any atom is 0.335 e. The average Bonchev–Trinajstić information content (AvgIpc) is 2.63. The molecule has 0 spiro atoms. The molecule has 144 valence electrons. The summed E-state index contributed by atoms with van der Waals surface area (Å²) in [6.45, 7) is 2.09. The average molecular weight is 437 g/mol. The third-order valence-electron chi connectivity index (χ3n) is 3.85. The van der Waals surface area contributed by atoms with Crippen molar-refractivity contribution in [1.29, 1.82) is 0 Å². The number of carbonyl (C=O) groups excluding carboxylic acids is 1. The lowest BCUT2D eigenvalue weighted by molar-refractivity contribution is -0.121. The van der Waals surface area contributed by atoms with Gasteiger partial charge in [-0.2, -0.15) is 5.10 Å². The maximum absolute atomic E-state index is 12.1. The molecule has 0 saturated heterocycles. The van der Waals surface area contributed by atoms with Crippen molar-refractivity contribution in [3.05, 3.63) is 55.1 Å². The predicted molar refractivity (Wildman–Crippen MR) is 107 cm³/mol. The molecular formula is C18H21BrN4O4. The lowest BCUT2D eigenvalue weighted by atomic mass is 10.1. The summed E-state index contributed by atoms with van der Waals surface area (Å²) in [5.41, 5.74) is 0.872. The third kappa shape index (κ3) is 5.65. The fourth-order valence-electron chi connectivity index (χ4n) is 2.42. The maximum atomic E-state index is 12.1. The third-order valence-corrected chi connectivity index (χ3v) is 4.37. The van der Waals surface area contributed by atoms with E-state index in [0.717, 1.165) is 40.9 Å². The molecule has 3 N–H and O–H groups in total. The number of benzene rings is 1. The fraction of sp³-hybridized carbons (Fsp3) is 0.333. The molecule has 9 heteroatoms. The Kier molecular flexibility index (Phi) is 7.54. The number of nitrogens with one attached hydrogen (secondary N) is 2. The van der Waals surface area contributed by atoms with Gasteiger partial charge in [0, 0.05) is 10.9 Å². The van der Waals surface area contributed by atoms with Gasteiger partial charge in [0.25, 0.3) is 5.56 Å². The molecule has 0 radical (unpaired) electrons. The van der Waals surface area contributed by atoms with Crippen LogP contribution in [0.2, 0.25) is 0 Å². The predicted octanol–water partition coefficient (Wildman–Crippen LogP) is 2.41. The zero-order valence-electron chi connectivity index (χ0n) is 14.9. The van der Waals surface area contributed by atoms with Gasteiger partial charge in [-0.05, 0) is 30.7 Å². The van der Waals surface area contributed by atoms with Crippen LogP contribution in [-0.4, -0.2) is 26.8 Å². The molecule has 8 nitrogen and oxygen atoms in total. The number of rotatable bonds is 8. The quantitative estimate of drug-likeness (QED) is 0.334. The molecule has 0 saturated carbocycles. The summed E-state index contributed by atoms with van der Waals surface area (Å²) in [5, 5.41) is 14.1. The zero-order chi connectivity index (χ0) is 19.8. The summed E-state index contributed by atoms with van der Waals surface area (Å²) in [7, 11) is 0. The van der Waals surface area contributed by atoms with E-state index in [1.807, 2.05) is 0 Å². The number of hydrogen-bond donors (Lipinski definition) is 3. The molecule has 1 aromatic heterocycles. The monoisotopic (exact) mass is 436 g/mol. The Bertz CT molecular complexity index is 932. The van der Waals surface area contributed by atoms with Crippen LogP contribution < -0.4 is 16.7 Å². The van der Waals surface area contributed by atoms with Gasteiger partial charge in [0.05, 0.1) is 11.9 Å². The first-order chi connectivity index (χ1) is 12.9. The fourth-order valence-corrected chi connectivity index (χ4v) is 2.69. The molecule has 27 heavy (non-hydrogen) atoms. The minimum atomic E-state index is -0.799. The van der Waals surface area contributed by atoms with Crippen LogP contribution >= 0.6 is 15.9 Å². The number of nitrogens with zero attached hydrogens (tertiary/aromatic N) is 2. The van der Waals surface area contributed by atoms with Gasteiger partial charge in [0.15, 0.2) is 0 Å². The highest BCUT2D eigenvalue weighted by Gasteiger charge is 2.14. The number of hydrazone groups is 1. The van der Waals surface area contributed by atoms with E-state index in [0.29, 0.717) is 12.1 Å². The van der Waals surface area contributed by atoms with Crippen molar-refractivity contribution in [2.45, 2.75) is 39.0 Å². The number of unbranched alkanes of at least 4 members (excludes halogenated alkanes) is 3. The van der Waals surface area contributed by atoms with Crippen molar-refractivity contribution in [3.63, 3.8) is 0 Å². The van der Waals surface area contributed by atoms with Gasteiger partial charge in [-0.1, -0.05) is 42.1 Å². The normalized spacial score (nSPS) is 11.0. The highest BCUT2D eigenvalue weighted by Crippen LogP contribution is 2.17. The van der Waals surface area contributed by atoms with E-state index < -0.39 is 17.1 Å². The van der Waals surface area contributed by atoms with Crippen LogP contribution in [0.4, 0.5) is 0 Å². The van der Waals surface area contributed by atoms with Gasteiger partial charge in [-0.15, -0.1) is 0 Å². The van der Waals surface area contributed by atoms with E-state index >= 15 is 0 Å². The standard InChI is InChI=1S/C18H21BrN4O4/c1-2-3-4-5-6-15(24)22-20-11-14-16(25)21-18(27)23(17(14)26)13-9-7-12(19)8-10-13/h7-11,26H,2-6H2,1H3,(H,22,24)(H,21,25,27)/b20-11+. The largest absolute Gasteiger partial charge is 0.493 e. The Labute approximate surface area is 164 Å². The minimum absolute atomic E-state index is 0.233. The minimum Gasteiger partial charge on any atom is -0.493 e. The highest BCUT2D eigenvalue weighted by atomic mass is 79.9. The van der Waals surface area contributed by atoms with Crippen LogP contribution in [0, 0.1) is 0 Å². The summed E-state index contributed by atoms with van der Waals surface area (Å²) in [4.78, 5) is 37.9. The summed E-state index contributed by atoms with van der Waals surface area (Å²) >= 11 is 3.29. The van der Waals surface area contributed by atoms with Crippen LogP contribution in [0.5, 0.6) is 5.88 Å². The molecule has 0 fully saturated rings. The van der Waals surface area contributed by atoms with Gasteiger partial charge in [0.1, 0.15) is 5.56 Å². The second kappa shape index (κ2) is 9.86. The molecule has 0 aliphatic carbocycles. The van der Waals surface area contributed by atoms with Crippen molar-refractivity contribution in [3.8, 4) is 11.6 Å². The van der Waals surface area contributed by atoms with E-state index in [1.54, 1.807) is 24.3 Å². The Balaban J connectivity index is 2.19. The van der Waals surface area contributed by atoms with Crippen molar-refractivity contribution < 1.29 is 9.90 Å². The molecule has 1 aromatic carbocycles. The lowest BCUT2D eigenvalue weighted by Gasteiger charge is -2.09. The van der Waals surface area contributed by atoms with Crippen LogP contribution in [0.15, 0.2) is 43.4 Å². The number of aromatic hydroxyl groups is 1. The van der Waals surface area contributed by atoms with E-state index in [2.05, 4.69) is 38.4 Å². The van der Waals surface area contributed by atoms with Gasteiger partial charge in [-0.3, -0.25) is 14.6 Å². The number of aromatic amines is 1. The first-order valence-corrected chi connectivity index (χ1v) is 9.39. The van der Waals surface area contributed by atoms with E-state index in [9.17, 15) is 19.5 Å². The van der Waals surface area contributed by atoms with Gasteiger partial charge >= 0.3 is 5.69 Å². The summed E-state index contributed by atoms with van der Waals surface area (Å²) in [6, 6.07) is 6.59. The summed E-state index contributed by atoms with van der Waals surface area (Å²) in [5.74, 6) is -0.841. The first-order valence-electron chi connectivity index (χ1n) is 8.60. The number of amides is 1. The Morgan fingerprint density at radius 2 is 1.96 bits per heavy atom. The van der Waals surface area contributed by atoms with Crippen molar-refractivity contribution in [2.75, 3.05) is 0 Å². The summed E-state index contributed by atoms with van der Waals surface area (Å²) in [6.07, 6.45) is 5.22. The molecule has 1 amide bonds. The van der Waals surface area contributed by atoms with E-state index in [4.69, 9.17) is 0 Å². The molecule has 0 atom stereocenters. The van der Waals surface area contributed by atoms with Crippen LogP contribution in [-0.2, 0) is 4.79 Å². The molecule has 1 heterocycles. The van der Waals surface area contributed by atoms with E-state index in [1.165, 1.54) is 0 Å². The van der Waals surface area contributed by atoms with Gasteiger partial charge in [-0.25, -0.2) is 14.8 Å². The molecule has 0 aliphatic heterocycles. The second-order valence-electron chi connectivity index (χ2n) is 5.91. The van der Waals surface area contributed by atoms with Gasteiger partial charge in [0.2, 0.25) is 11.8 Å². The molecule has 0 aliphatic rings. The van der Waals surface area contributed by atoms with Crippen molar-refractivity contribution in [1.82, 2.24) is 15.0 Å². The van der Waals surface area contributed by atoms with Crippen LogP contribution in [0.1, 0.15) is 44.6 Å². The molecule has 0 bridgehead atoms. The smallest absolute Gasteiger partial charge is 0.335 e. The van der Waals surface area contributed by atoms with E-state index in [-0.39, 0.29) is 11.5 Å². The number of carbonyl (C=O) groups is 1. The van der Waals surface area contributed by atoms with Crippen LogP contribution in [0.3, 0.4) is 0 Å². The molecule has 2 rings (SSSR count). The zero-order valence-corrected chi connectivity index (χ0v) is 16.5. The molecule has 0 unspecified atom stereocenters. The Morgan fingerprint density at radius 3 is 2.63 bits per heavy atom. The number of halogens is 1. The lowest BCUT2D eigenvalue weighted by Crippen LogP contribution is -2.31. The van der Waals surface area contributed by atoms with Crippen molar-refractivity contribution >= 4 is 28.1 Å². The number of H-pyrrole nitrogens is 1. The Hall–Kier alpha value is -2.68. The first kappa shape index (κ1) is 20.6. The summed E-state index contributed by atoms with van der Waals surface area (Å²) < 4.78 is 1.74. The van der Waals surface area contributed by atoms with Crippen molar-refractivity contribution in [2.24, 2.45) is 5.10 Å². The molecule has 2 aromatic rings. The second-order valence-corrected chi connectivity index (χ2v) is 6.83. The number of hydrogen-bond acceptors (Lipinski definition) is 5. The molecular weight excluding hydrogens is 416 g/mol. The highest BCUT2D eigenvalue weighted by molar-refractivity contribution is 9.10. The Morgan fingerprint density at radius 1 is 1.26 bits per heavy atom. The number of aromatic nitrogens is 2. The van der Waals surface area contributed by atoms with Gasteiger partial charge < -0.3 is 5.11 Å². The van der Waals surface area contributed by atoms with Crippen LogP contribution in [0.25, 0.3) is 5.69 Å². The topological polar surface area (TPSA) is 117 Å². The SMILES string of the molecule is CCCCCCC(=O)N/N=C/c1c(O)n(-c2ccc(Br)cc2)c(=O)[nH]c1=O.